The molecule has 0 heterocycles. The van der Waals surface area contributed by atoms with Crippen molar-refractivity contribution in [1.82, 2.24) is 4.72 Å². The van der Waals surface area contributed by atoms with Crippen molar-refractivity contribution >= 4 is 22.0 Å². The van der Waals surface area contributed by atoms with Gasteiger partial charge in [-0.25, -0.2) is 22.7 Å². The van der Waals surface area contributed by atoms with Gasteiger partial charge >= 0.3 is 11.9 Å². The first-order chi connectivity index (χ1) is 12.7. The van der Waals surface area contributed by atoms with Gasteiger partial charge in [0, 0.05) is 12.1 Å². The quantitative estimate of drug-likeness (QED) is 0.695. The van der Waals surface area contributed by atoms with Crippen LogP contribution in [0.4, 0.5) is 0 Å². The first-order valence-electron chi connectivity index (χ1n) is 8.75. The second-order valence-electron chi connectivity index (χ2n) is 6.81. The molecule has 1 aromatic carbocycles. The lowest BCUT2D eigenvalue weighted by Crippen LogP contribution is -2.59. The summed E-state index contributed by atoms with van der Waals surface area (Å²) < 4.78 is 38.4. The largest absolute Gasteiger partial charge is 0.465 e. The van der Waals surface area contributed by atoms with Crippen molar-refractivity contribution in [3.63, 3.8) is 0 Å². The van der Waals surface area contributed by atoms with Crippen LogP contribution < -0.4 is 10.5 Å². The minimum atomic E-state index is -4.15. The number of hydrogen-bond acceptors (Lipinski definition) is 7. The molecule has 8 nitrogen and oxygen atoms in total. The Labute approximate surface area is 159 Å². The summed E-state index contributed by atoms with van der Waals surface area (Å²) in [5.41, 5.74) is 5.00. The molecule has 3 N–H and O–H groups in total. The van der Waals surface area contributed by atoms with Gasteiger partial charge in [0.1, 0.15) is 0 Å². The van der Waals surface area contributed by atoms with Crippen LogP contribution in [0.3, 0.4) is 0 Å². The number of hydrogen-bond donors (Lipinski definition) is 2. The number of carbonyl (C=O) groups excluding carboxylic acids is 2. The van der Waals surface area contributed by atoms with Gasteiger partial charge in [0.15, 0.2) is 0 Å². The van der Waals surface area contributed by atoms with Crippen molar-refractivity contribution in [2.45, 2.75) is 43.0 Å². The van der Waals surface area contributed by atoms with Gasteiger partial charge in [-0.3, -0.25) is 0 Å². The number of ether oxygens (including phenoxy) is 2. The summed E-state index contributed by atoms with van der Waals surface area (Å²) in [6.45, 7) is 2.10. The molecule has 0 aromatic heterocycles. The molecule has 27 heavy (non-hydrogen) atoms. The summed E-state index contributed by atoms with van der Waals surface area (Å²) in [5, 5.41) is 0. The highest BCUT2D eigenvalue weighted by Gasteiger charge is 2.41. The number of rotatable bonds is 6. The van der Waals surface area contributed by atoms with Gasteiger partial charge in [-0.2, -0.15) is 0 Å². The molecule has 0 amide bonds. The van der Waals surface area contributed by atoms with Crippen LogP contribution in [0.2, 0.25) is 0 Å². The lowest BCUT2D eigenvalue weighted by Gasteiger charge is -2.42. The maximum atomic E-state index is 13.2. The number of sulfonamides is 1. The van der Waals surface area contributed by atoms with Crippen molar-refractivity contribution in [3.8, 4) is 0 Å². The number of nitrogens with one attached hydrogen (secondary N) is 1. The Kier molecular flexibility index (Phi) is 6.61. The maximum absolute atomic E-state index is 13.2. The Balaban J connectivity index is 2.55. The van der Waals surface area contributed by atoms with Gasteiger partial charge in [0.05, 0.1) is 30.2 Å². The Morgan fingerprint density at radius 2 is 1.89 bits per heavy atom. The van der Waals surface area contributed by atoms with Crippen LogP contribution in [-0.4, -0.2) is 46.7 Å². The summed E-state index contributed by atoms with van der Waals surface area (Å²) in [6.07, 6.45) is 3.33. The van der Waals surface area contributed by atoms with Crippen LogP contribution in [0.1, 0.15) is 53.3 Å². The average Bonchev–Trinajstić information content (AvgIpc) is 2.67. The molecule has 0 spiro atoms. The van der Waals surface area contributed by atoms with Crippen molar-refractivity contribution in [3.05, 3.63) is 29.3 Å². The molecule has 0 saturated heterocycles. The molecular weight excluding hydrogens is 372 g/mol. The van der Waals surface area contributed by atoms with Crippen molar-refractivity contribution in [1.29, 1.82) is 0 Å². The molecule has 0 bridgehead atoms. The Morgan fingerprint density at radius 1 is 1.22 bits per heavy atom. The van der Waals surface area contributed by atoms with Crippen LogP contribution in [0, 0.1) is 5.92 Å². The summed E-state index contributed by atoms with van der Waals surface area (Å²) in [5.74, 6) is -1.48. The molecular formula is C18H26N2O6S. The summed E-state index contributed by atoms with van der Waals surface area (Å²) in [6, 6.07) is 3.68. The van der Waals surface area contributed by atoms with E-state index in [1.807, 2.05) is 6.92 Å². The van der Waals surface area contributed by atoms with Gasteiger partial charge in [-0.05, 0) is 37.0 Å². The molecule has 0 aliphatic heterocycles. The SMILES string of the molecule is COC(=O)c1ccc(C(=O)OC)c(S(=O)(=O)NC2(CN)CCCCC2C)c1. The van der Waals surface area contributed by atoms with Crippen LogP contribution >= 0.6 is 0 Å². The second kappa shape index (κ2) is 8.37. The molecule has 0 radical (unpaired) electrons. The van der Waals surface area contributed by atoms with E-state index in [1.165, 1.54) is 19.2 Å². The number of methoxy groups -OCH3 is 2. The fourth-order valence-corrected chi connectivity index (χ4v) is 5.26. The van der Waals surface area contributed by atoms with Gasteiger partial charge in [-0.15, -0.1) is 0 Å². The van der Waals surface area contributed by atoms with E-state index in [4.69, 9.17) is 5.73 Å². The molecule has 1 aliphatic carbocycles. The third-order valence-corrected chi connectivity index (χ3v) is 6.84. The third-order valence-electron chi connectivity index (χ3n) is 5.25. The van der Waals surface area contributed by atoms with E-state index in [9.17, 15) is 18.0 Å². The predicted molar refractivity (Wildman–Crippen MR) is 98.9 cm³/mol. The summed E-state index contributed by atoms with van der Waals surface area (Å²) >= 11 is 0. The molecule has 2 atom stereocenters. The zero-order chi connectivity index (χ0) is 20.2. The van der Waals surface area contributed by atoms with Gasteiger partial charge in [-0.1, -0.05) is 19.8 Å². The average molecular weight is 398 g/mol. The van der Waals surface area contributed by atoms with E-state index in [0.717, 1.165) is 32.4 Å². The molecule has 1 saturated carbocycles. The van der Waals surface area contributed by atoms with Gasteiger partial charge in [0.25, 0.3) is 0 Å². The Morgan fingerprint density at radius 3 is 2.44 bits per heavy atom. The monoisotopic (exact) mass is 398 g/mol. The van der Waals surface area contributed by atoms with Crippen LogP contribution in [0.15, 0.2) is 23.1 Å². The van der Waals surface area contributed by atoms with Gasteiger partial charge < -0.3 is 15.2 Å². The molecule has 2 unspecified atom stereocenters. The van der Waals surface area contributed by atoms with Crippen LogP contribution in [0.25, 0.3) is 0 Å². The van der Waals surface area contributed by atoms with E-state index in [-0.39, 0.29) is 28.5 Å². The van der Waals surface area contributed by atoms with Crippen molar-refractivity contribution < 1.29 is 27.5 Å². The zero-order valence-corrected chi connectivity index (χ0v) is 16.6. The highest BCUT2D eigenvalue weighted by Crippen LogP contribution is 2.34. The minimum absolute atomic E-state index is 0.0176. The lowest BCUT2D eigenvalue weighted by molar-refractivity contribution is 0.0583. The minimum Gasteiger partial charge on any atom is -0.465 e. The molecule has 9 heteroatoms. The van der Waals surface area contributed by atoms with Crippen LogP contribution in [0.5, 0.6) is 0 Å². The smallest absolute Gasteiger partial charge is 0.339 e. The molecule has 1 aliphatic rings. The van der Waals surface area contributed by atoms with Gasteiger partial charge in [0.2, 0.25) is 10.0 Å². The first kappa shape index (κ1) is 21.3. The van der Waals surface area contributed by atoms with E-state index >= 15 is 0 Å². The fourth-order valence-electron chi connectivity index (χ4n) is 3.50. The van der Waals surface area contributed by atoms with Crippen LogP contribution in [-0.2, 0) is 19.5 Å². The third kappa shape index (κ3) is 4.31. The highest BCUT2D eigenvalue weighted by molar-refractivity contribution is 7.89. The van der Waals surface area contributed by atoms with E-state index in [1.54, 1.807) is 0 Å². The van der Waals surface area contributed by atoms with Crippen molar-refractivity contribution in [2.75, 3.05) is 20.8 Å². The topological polar surface area (TPSA) is 125 Å². The van der Waals surface area contributed by atoms with E-state index in [0.29, 0.717) is 6.42 Å². The highest BCUT2D eigenvalue weighted by atomic mass is 32.2. The van der Waals surface area contributed by atoms with Crippen molar-refractivity contribution in [2.24, 2.45) is 11.7 Å². The molecule has 1 fully saturated rings. The summed E-state index contributed by atoms with van der Waals surface area (Å²) in [7, 11) is -1.80. The van der Waals surface area contributed by atoms with E-state index in [2.05, 4.69) is 14.2 Å². The predicted octanol–water partition coefficient (Wildman–Crippen LogP) is 1.45. The number of carbonyl (C=O) groups is 2. The Hall–Kier alpha value is -1.97. The lowest BCUT2D eigenvalue weighted by atomic mass is 9.74. The second-order valence-corrected chi connectivity index (χ2v) is 8.46. The number of esters is 2. The molecule has 2 rings (SSSR count). The number of benzene rings is 1. The fraction of sp³-hybridized carbons (Fsp3) is 0.556. The summed E-state index contributed by atoms with van der Waals surface area (Å²) in [4.78, 5) is 23.6. The zero-order valence-electron chi connectivity index (χ0n) is 15.8. The normalized spacial score (nSPS) is 22.9. The standard InChI is InChI=1S/C18H26N2O6S/c1-12-6-4-5-9-18(12,11-19)20-27(23,24)15-10-13(16(21)25-2)7-8-14(15)17(22)26-3/h7-8,10,12,20H,4-6,9,11,19H2,1-3H3. The Bertz CT molecular complexity index is 823. The first-order valence-corrected chi connectivity index (χ1v) is 10.2. The maximum Gasteiger partial charge on any atom is 0.339 e. The number of nitrogens with two attached hydrogens (primary N) is 1. The molecule has 1 aromatic rings. The van der Waals surface area contributed by atoms with E-state index < -0.39 is 27.5 Å². The molecule has 150 valence electrons.